The lowest BCUT2D eigenvalue weighted by molar-refractivity contribution is -0.112. The molecule has 1 aromatic rings. The molecule has 0 aromatic heterocycles. The molecule has 0 spiro atoms. The molecule has 0 fully saturated rings. The first-order valence-electron chi connectivity index (χ1n) is 4.73. The number of allylic oxidation sites excluding steroid dienone is 2. The first kappa shape index (κ1) is 12.4. The minimum atomic E-state index is -2.82. The summed E-state index contributed by atoms with van der Waals surface area (Å²) >= 11 is 0. The molecule has 1 rings (SSSR count). The van der Waals surface area contributed by atoms with Gasteiger partial charge in [0.15, 0.2) is 5.78 Å². The predicted molar refractivity (Wildman–Crippen MR) is 57.4 cm³/mol. The van der Waals surface area contributed by atoms with Crippen LogP contribution >= 0.6 is 0 Å². The fraction of sp³-hybridized carbons (Fsp3) is 0.250. The van der Waals surface area contributed by atoms with Crippen molar-refractivity contribution in [2.45, 2.75) is 20.5 Å². The summed E-state index contributed by atoms with van der Waals surface area (Å²) in [6.45, 7) is 0.419. The highest BCUT2D eigenvalue weighted by atomic mass is 19.3. The number of hydrogen-bond donors (Lipinski definition) is 0. The molecule has 0 heterocycles. The van der Waals surface area contributed by atoms with E-state index in [1.54, 1.807) is 19.1 Å². The minimum Gasteiger partial charge on any atom is -0.435 e. The second-order valence-electron chi connectivity index (χ2n) is 3.34. The molecule has 86 valence electrons. The summed E-state index contributed by atoms with van der Waals surface area (Å²) in [7, 11) is 0. The van der Waals surface area contributed by atoms with Crippen molar-refractivity contribution in [2.24, 2.45) is 0 Å². The molecule has 0 bridgehead atoms. The Hall–Kier alpha value is -1.71. The molecule has 0 saturated heterocycles. The highest BCUT2D eigenvalue weighted by molar-refractivity contribution is 5.94. The smallest absolute Gasteiger partial charge is 0.387 e. The number of ether oxygens (including phenoxy) is 1. The van der Waals surface area contributed by atoms with Gasteiger partial charge in [-0.05, 0) is 43.2 Å². The predicted octanol–water partition coefficient (Wildman–Crippen LogP) is 3.28. The van der Waals surface area contributed by atoms with Crippen LogP contribution in [0.2, 0.25) is 0 Å². The van der Waals surface area contributed by atoms with Crippen molar-refractivity contribution in [3.8, 4) is 5.75 Å². The normalized spacial score (nSPS) is 11.7. The van der Waals surface area contributed by atoms with Crippen molar-refractivity contribution in [1.29, 1.82) is 0 Å². The Morgan fingerprint density at radius 2 is 1.81 bits per heavy atom. The van der Waals surface area contributed by atoms with Gasteiger partial charge in [-0.2, -0.15) is 8.78 Å². The zero-order valence-electron chi connectivity index (χ0n) is 9.04. The maximum absolute atomic E-state index is 11.9. The molecular formula is C12H12F2O2. The van der Waals surface area contributed by atoms with Crippen molar-refractivity contribution in [2.75, 3.05) is 0 Å². The van der Waals surface area contributed by atoms with Gasteiger partial charge in [-0.15, -0.1) is 0 Å². The summed E-state index contributed by atoms with van der Waals surface area (Å²) in [4.78, 5) is 10.8. The van der Waals surface area contributed by atoms with Gasteiger partial charge in [-0.25, -0.2) is 0 Å². The van der Waals surface area contributed by atoms with Crippen LogP contribution in [0.3, 0.4) is 0 Å². The first-order valence-corrected chi connectivity index (χ1v) is 4.73. The topological polar surface area (TPSA) is 26.3 Å². The van der Waals surface area contributed by atoms with E-state index in [9.17, 15) is 13.6 Å². The molecule has 1 aromatic carbocycles. The average Bonchev–Trinajstić information content (AvgIpc) is 2.16. The highest BCUT2D eigenvalue weighted by Crippen LogP contribution is 2.19. The number of alkyl halides is 2. The van der Waals surface area contributed by atoms with Crippen LogP contribution in [0, 0.1) is 0 Å². The van der Waals surface area contributed by atoms with Gasteiger partial charge in [-0.1, -0.05) is 12.1 Å². The number of rotatable bonds is 4. The molecule has 4 heteroatoms. The lowest BCUT2D eigenvalue weighted by Crippen LogP contribution is -2.01. The Labute approximate surface area is 92.5 Å². The largest absolute Gasteiger partial charge is 0.435 e. The van der Waals surface area contributed by atoms with Gasteiger partial charge >= 0.3 is 6.61 Å². The molecule has 0 radical (unpaired) electrons. The zero-order valence-corrected chi connectivity index (χ0v) is 9.04. The van der Waals surface area contributed by atoms with E-state index >= 15 is 0 Å². The molecule has 0 aliphatic rings. The van der Waals surface area contributed by atoms with Crippen molar-refractivity contribution < 1.29 is 18.3 Å². The molecule has 0 aliphatic heterocycles. The van der Waals surface area contributed by atoms with Crippen molar-refractivity contribution >= 4 is 11.4 Å². The molecule has 0 N–H and O–H groups in total. The molecule has 2 nitrogen and oxygen atoms in total. The van der Waals surface area contributed by atoms with E-state index in [4.69, 9.17) is 0 Å². The average molecular weight is 226 g/mol. The quantitative estimate of drug-likeness (QED) is 0.736. The van der Waals surface area contributed by atoms with Crippen molar-refractivity contribution in [3.63, 3.8) is 0 Å². The van der Waals surface area contributed by atoms with Gasteiger partial charge < -0.3 is 4.74 Å². The van der Waals surface area contributed by atoms with E-state index in [0.717, 1.165) is 11.1 Å². The van der Waals surface area contributed by atoms with Crippen LogP contribution in [0.1, 0.15) is 19.4 Å². The molecule has 16 heavy (non-hydrogen) atoms. The summed E-state index contributed by atoms with van der Waals surface area (Å²) in [6.07, 6.45) is 1.49. The van der Waals surface area contributed by atoms with Gasteiger partial charge in [0.2, 0.25) is 0 Å². The Kier molecular flexibility index (Phi) is 4.17. The van der Waals surface area contributed by atoms with Gasteiger partial charge in [0.25, 0.3) is 0 Å². The minimum absolute atomic E-state index is 0.0505. The number of carbonyl (C=O) groups excluding carboxylic acids is 1. The van der Waals surface area contributed by atoms with Crippen LogP contribution in [0.25, 0.3) is 5.57 Å². The summed E-state index contributed by atoms with van der Waals surface area (Å²) in [5.74, 6) is 0.0554. The SMILES string of the molecule is CC(=O)/C=C(\C)c1ccc(OC(F)F)cc1. The maximum atomic E-state index is 11.9. The fourth-order valence-electron chi connectivity index (χ4n) is 1.29. The third kappa shape index (κ3) is 3.81. The standard InChI is InChI=1S/C12H12F2O2/c1-8(7-9(2)15)10-3-5-11(6-4-10)16-12(13)14/h3-7,12H,1-2H3/b8-7+. The lowest BCUT2D eigenvalue weighted by Gasteiger charge is -2.05. The lowest BCUT2D eigenvalue weighted by atomic mass is 10.1. The molecule has 0 aliphatic carbocycles. The van der Waals surface area contributed by atoms with Crippen molar-refractivity contribution in [3.05, 3.63) is 35.9 Å². The summed E-state index contributed by atoms with van der Waals surface area (Å²) in [5, 5.41) is 0. The van der Waals surface area contributed by atoms with Crippen LogP contribution in [-0.4, -0.2) is 12.4 Å². The Morgan fingerprint density at radius 3 is 2.25 bits per heavy atom. The van der Waals surface area contributed by atoms with Gasteiger partial charge in [0.05, 0.1) is 0 Å². The van der Waals surface area contributed by atoms with Gasteiger partial charge in [0.1, 0.15) is 5.75 Å². The van der Waals surface area contributed by atoms with E-state index in [2.05, 4.69) is 4.74 Å². The van der Waals surface area contributed by atoms with Crippen LogP contribution in [0.5, 0.6) is 5.75 Å². The van der Waals surface area contributed by atoms with E-state index in [1.807, 2.05) is 0 Å². The zero-order chi connectivity index (χ0) is 12.1. The maximum Gasteiger partial charge on any atom is 0.387 e. The van der Waals surface area contributed by atoms with E-state index in [1.165, 1.54) is 25.1 Å². The fourth-order valence-corrected chi connectivity index (χ4v) is 1.29. The van der Waals surface area contributed by atoms with Crippen LogP contribution in [-0.2, 0) is 4.79 Å². The van der Waals surface area contributed by atoms with Gasteiger partial charge in [-0.3, -0.25) is 4.79 Å². The highest BCUT2D eigenvalue weighted by Gasteiger charge is 2.04. The third-order valence-corrected chi connectivity index (χ3v) is 1.95. The number of ketones is 1. The molecule has 0 unspecified atom stereocenters. The molecule has 0 atom stereocenters. The third-order valence-electron chi connectivity index (χ3n) is 1.95. The van der Waals surface area contributed by atoms with E-state index in [0.29, 0.717) is 0 Å². The molecule has 0 saturated carbocycles. The summed E-state index contributed by atoms with van der Waals surface area (Å²) < 4.78 is 28.0. The monoisotopic (exact) mass is 226 g/mol. The number of hydrogen-bond acceptors (Lipinski definition) is 2. The van der Waals surface area contributed by atoms with E-state index < -0.39 is 6.61 Å². The van der Waals surface area contributed by atoms with Crippen LogP contribution in [0.4, 0.5) is 8.78 Å². The first-order chi connectivity index (χ1) is 7.49. The summed E-state index contributed by atoms with van der Waals surface area (Å²) in [5.41, 5.74) is 1.59. The second-order valence-corrected chi connectivity index (χ2v) is 3.34. The van der Waals surface area contributed by atoms with Crippen LogP contribution < -0.4 is 4.74 Å². The number of halogens is 2. The molecular weight excluding hydrogens is 214 g/mol. The Bertz CT molecular complexity index is 394. The Balaban J connectivity index is 2.82. The van der Waals surface area contributed by atoms with Gasteiger partial charge in [0, 0.05) is 0 Å². The van der Waals surface area contributed by atoms with Crippen molar-refractivity contribution in [1.82, 2.24) is 0 Å². The Morgan fingerprint density at radius 1 is 1.25 bits per heavy atom. The summed E-state index contributed by atoms with van der Waals surface area (Å²) in [6, 6.07) is 6.15. The van der Waals surface area contributed by atoms with Crippen LogP contribution in [0.15, 0.2) is 30.3 Å². The molecule has 0 amide bonds. The number of benzene rings is 1. The number of carbonyl (C=O) groups is 1. The van der Waals surface area contributed by atoms with E-state index in [-0.39, 0.29) is 11.5 Å². The second kappa shape index (κ2) is 5.39.